The Balaban J connectivity index is 2.42. The second kappa shape index (κ2) is 16.0. The number of nitrogens with one attached hydrogen (secondary N) is 3. The molecule has 0 saturated carbocycles. The number of carbonyl (C=O) groups is 5. The van der Waals surface area contributed by atoms with Crippen LogP contribution in [-0.4, -0.2) is 60.5 Å². The summed E-state index contributed by atoms with van der Waals surface area (Å²) in [6.07, 6.45) is -1.48. The molecular weight excluding hydrogens is 514 g/mol. The van der Waals surface area contributed by atoms with Crippen molar-refractivity contribution in [1.82, 2.24) is 16.0 Å². The van der Waals surface area contributed by atoms with Crippen molar-refractivity contribution in [2.75, 3.05) is 6.54 Å². The molecule has 1 saturated heterocycles. The third-order valence-electron chi connectivity index (χ3n) is 6.34. The predicted octanol–water partition coefficient (Wildman–Crippen LogP) is 2.68. The number of benzene rings is 1. The largest absolute Gasteiger partial charge is 0.452 e. The van der Waals surface area contributed by atoms with Crippen molar-refractivity contribution in [2.45, 2.75) is 97.9 Å². The normalized spacial score (nSPS) is 23.9. The lowest BCUT2D eigenvalue weighted by atomic mass is 10.0. The summed E-state index contributed by atoms with van der Waals surface area (Å²) in [6, 6.07) is 7.20. The molecule has 0 aliphatic carbocycles. The molecular formula is C30H45N3O7. The Morgan fingerprint density at radius 2 is 1.23 bits per heavy atom. The van der Waals surface area contributed by atoms with E-state index in [1.54, 1.807) is 0 Å². The quantitative estimate of drug-likeness (QED) is 0.416. The van der Waals surface area contributed by atoms with Crippen LogP contribution in [0.15, 0.2) is 30.3 Å². The van der Waals surface area contributed by atoms with Gasteiger partial charge in [0.15, 0.2) is 12.2 Å². The van der Waals surface area contributed by atoms with Crippen LogP contribution in [0.25, 0.3) is 0 Å². The molecule has 1 aliphatic heterocycles. The topological polar surface area (TPSA) is 140 Å². The third-order valence-corrected chi connectivity index (χ3v) is 6.34. The molecule has 1 aromatic rings. The number of esters is 2. The van der Waals surface area contributed by atoms with Crippen LogP contribution in [-0.2, 0) is 39.9 Å². The lowest BCUT2D eigenvalue weighted by Gasteiger charge is -2.27. The Bertz CT molecular complexity index is 1010. The Labute approximate surface area is 237 Å². The molecule has 3 unspecified atom stereocenters. The molecule has 3 N–H and O–H groups in total. The summed E-state index contributed by atoms with van der Waals surface area (Å²) in [5.41, 5.74) is 0.824. The molecule has 4 atom stereocenters. The summed E-state index contributed by atoms with van der Waals surface area (Å²) in [5, 5.41) is 8.13. The van der Waals surface area contributed by atoms with E-state index in [4.69, 9.17) is 9.47 Å². The highest BCUT2D eigenvalue weighted by Crippen LogP contribution is 2.16. The first-order valence-electron chi connectivity index (χ1n) is 14.2. The fraction of sp³-hybridized carbons (Fsp3) is 0.633. The molecule has 10 heteroatoms. The smallest absolute Gasteiger partial charge is 0.329 e. The molecule has 2 rings (SSSR count). The first kappa shape index (κ1) is 32.8. The van der Waals surface area contributed by atoms with E-state index in [-0.39, 0.29) is 56.4 Å². The molecule has 0 radical (unpaired) electrons. The maximum absolute atomic E-state index is 13.4. The summed E-state index contributed by atoms with van der Waals surface area (Å²) < 4.78 is 11.2. The summed E-state index contributed by atoms with van der Waals surface area (Å²) in [5.74, 6) is -3.05. The first-order chi connectivity index (χ1) is 18.8. The van der Waals surface area contributed by atoms with Gasteiger partial charge in [0, 0.05) is 13.0 Å². The molecule has 0 spiro atoms. The maximum Gasteiger partial charge on any atom is 0.329 e. The molecule has 0 bridgehead atoms. The highest BCUT2D eigenvalue weighted by atomic mass is 16.6. The number of ether oxygens (including phenoxy) is 2. The number of cyclic esters (lactones) is 2. The van der Waals surface area contributed by atoms with E-state index < -0.39 is 54.0 Å². The number of amides is 3. The van der Waals surface area contributed by atoms with Crippen LogP contribution in [0.1, 0.15) is 72.8 Å². The van der Waals surface area contributed by atoms with Crippen LogP contribution in [0.2, 0.25) is 0 Å². The van der Waals surface area contributed by atoms with E-state index in [2.05, 4.69) is 16.0 Å². The van der Waals surface area contributed by atoms with Crippen molar-refractivity contribution < 1.29 is 33.4 Å². The predicted molar refractivity (Wildman–Crippen MR) is 150 cm³/mol. The molecule has 1 aliphatic rings. The standard InChI is InChI=1S/C30H45N3O7/c1-18(2)14-23-30(38)40-25(16-20(5)6)29(37)32-22(17-21-10-8-7-9-11-21)27(35)31-13-12-26(34)39-24(15-19(3)4)28(36)33-23/h7-11,18-20,22-25H,12-17H2,1-6H3,(H,31,35)(H,32,37)(H,33,36)/t22?,23?,24-,25?/m1/s1. The van der Waals surface area contributed by atoms with Crippen LogP contribution in [0.4, 0.5) is 0 Å². The Kier molecular flexibility index (Phi) is 13.1. The minimum absolute atomic E-state index is 0.00326. The molecule has 0 aromatic heterocycles. The van der Waals surface area contributed by atoms with E-state index >= 15 is 0 Å². The average molecular weight is 560 g/mol. The number of rotatable bonds is 8. The highest BCUT2D eigenvalue weighted by Gasteiger charge is 2.34. The summed E-state index contributed by atoms with van der Waals surface area (Å²) >= 11 is 0. The fourth-order valence-electron chi connectivity index (χ4n) is 4.40. The lowest BCUT2D eigenvalue weighted by molar-refractivity contribution is -0.162. The zero-order valence-electron chi connectivity index (χ0n) is 24.5. The van der Waals surface area contributed by atoms with Gasteiger partial charge >= 0.3 is 11.9 Å². The molecule has 10 nitrogen and oxygen atoms in total. The van der Waals surface area contributed by atoms with Gasteiger partial charge in [-0.05, 0) is 42.6 Å². The minimum Gasteiger partial charge on any atom is -0.452 e. The first-order valence-corrected chi connectivity index (χ1v) is 14.2. The van der Waals surface area contributed by atoms with Gasteiger partial charge in [0.25, 0.3) is 11.8 Å². The Hall–Kier alpha value is -3.43. The van der Waals surface area contributed by atoms with E-state index in [1.165, 1.54) is 0 Å². The van der Waals surface area contributed by atoms with E-state index in [0.717, 1.165) is 5.56 Å². The van der Waals surface area contributed by atoms with Crippen molar-refractivity contribution in [3.05, 3.63) is 35.9 Å². The molecule has 1 heterocycles. The summed E-state index contributed by atoms with van der Waals surface area (Å²) in [7, 11) is 0. The van der Waals surface area contributed by atoms with Crippen molar-refractivity contribution in [2.24, 2.45) is 17.8 Å². The minimum atomic E-state index is -1.16. The van der Waals surface area contributed by atoms with Gasteiger partial charge < -0.3 is 25.4 Å². The van der Waals surface area contributed by atoms with Gasteiger partial charge in [0.05, 0.1) is 6.42 Å². The third kappa shape index (κ3) is 11.4. The maximum atomic E-state index is 13.4. The monoisotopic (exact) mass is 559 g/mol. The molecule has 1 aromatic carbocycles. The number of hydrogen-bond donors (Lipinski definition) is 3. The second-order valence-corrected chi connectivity index (χ2v) is 11.6. The van der Waals surface area contributed by atoms with E-state index in [0.29, 0.717) is 0 Å². The zero-order chi connectivity index (χ0) is 29.8. The molecule has 3 amide bonds. The Morgan fingerprint density at radius 1 is 0.700 bits per heavy atom. The van der Waals surface area contributed by atoms with Gasteiger partial charge in [-0.3, -0.25) is 19.2 Å². The fourth-order valence-corrected chi connectivity index (χ4v) is 4.40. The Morgan fingerprint density at radius 3 is 1.77 bits per heavy atom. The van der Waals surface area contributed by atoms with Crippen molar-refractivity contribution in [3.63, 3.8) is 0 Å². The van der Waals surface area contributed by atoms with Crippen molar-refractivity contribution in [1.29, 1.82) is 0 Å². The van der Waals surface area contributed by atoms with Gasteiger partial charge in [-0.25, -0.2) is 4.79 Å². The molecule has 40 heavy (non-hydrogen) atoms. The summed E-state index contributed by atoms with van der Waals surface area (Å²) in [4.78, 5) is 65.7. The van der Waals surface area contributed by atoms with Crippen molar-refractivity contribution >= 4 is 29.7 Å². The highest BCUT2D eigenvalue weighted by molar-refractivity contribution is 5.92. The number of carbonyl (C=O) groups excluding carboxylic acids is 5. The second-order valence-electron chi connectivity index (χ2n) is 11.6. The van der Waals surface area contributed by atoms with Gasteiger partial charge in [-0.15, -0.1) is 0 Å². The van der Waals surface area contributed by atoms with Gasteiger partial charge in [0.2, 0.25) is 5.91 Å². The SMILES string of the molecule is CC(C)CC1NC(=O)[C@@H](CC(C)C)OC(=O)CCNC(=O)C(Cc2ccccc2)NC(=O)C(CC(C)C)OC1=O. The van der Waals surface area contributed by atoms with Gasteiger partial charge in [-0.2, -0.15) is 0 Å². The van der Waals surface area contributed by atoms with Crippen molar-refractivity contribution in [3.8, 4) is 0 Å². The van der Waals surface area contributed by atoms with Crippen LogP contribution >= 0.6 is 0 Å². The summed E-state index contributed by atoms with van der Waals surface area (Å²) in [6.45, 7) is 11.3. The molecule has 222 valence electrons. The van der Waals surface area contributed by atoms with Gasteiger partial charge in [0.1, 0.15) is 12.1 Å². The van der Waals surface area contributed by atoms with E-state index in [1.807, 2.05) is 71.9 Å². The van der Waals surface area contributed by atoms with Crippen LogP contribution < -0.4 is 16.0 Å². The van der Waals surface area contributed by atoms with E-state index in [9.17, 15) is 24.0 Å². The zero-order valence-corrected chi connectivity index (χ0v) is 24.5. The molecule has 1 fully saturated rings. The average Bonchev–Trinajstić information content (AvgIpc) is 2.86. The van der Waals surface area contributed by atoms with Gasteiger partial charge in [-0.1, -0.05) is 71.9 Å². The number of hydrogen-bond acceptors (Lipinski definition) is 7. The lowest BCUT2D eigenvalue weighted by Crippen LogP contribution is -2.54. The van der Waals surface area contributed by atoms with Crippen LogP contribution in [0.3, 0.4) is 0 Å². The van der Waals surface area contributed by atoms with Crippen LogP contribution in [0, 0.1) is 17.8 Å². The van der Waals surface area contributed by atoms with Crippen LogP contribution in [0.5, 0.6) is 0 Å².